The molecule has 3 rings (SSSR count). The highest BCUT2D eigenvalue weighted by atomic mass is 32.2. The van der Waals surface area contributed by atoms with Crippen LogP contribution < -0.4 is 11.1 Å². The van der Waals surface area contributed by atoms with E-state index < -0.39 is 47.4 Å². The van der Waals surface area contributed by atoms with Crippen LogP contribution in [0.15, 0.2) is 22.3 Å². The standard InChI is InChI=1S/C19H23N5O7S2/c1-19(2,3)17(28)31-8-30-16(27)10-5-6-32-15-12(14(26)24(10)15)22-13(25)11(23-29-4)9-7-33-18(20)21-9/h5,7,12,15H,6,8H2,1-4H3,(H2,20,21)(H,22,25)/t12?,15-/m0/s1. The zero-order valence-corrected chi connectivity index (χ0v) is 19.9. The summed E-state index contributed by atoms with van der Waals surface area (Å²) in [5.41, 5.74) is 4.98. The summed E-state index contributed by atoms with van der Waals surface area (Å²) in [6, 6.07) is -0.893. The number of nitrogens with one attached hydrogen (secondary N) is 1. The highest BCUT2D eigenvalue weighted by Gasteiger charge is 2.53. The molecular formula is C19H23N5O7S2. The third-order valence-corrected chi connectivity index (χ3v) is 6.35. The second-order valence-electron chi connectivity index (χ2n) is 7.90. The van der Waals surface area contributed by atoms with Crippen molar-refractivity contribution in [3.05, 3.63) is 22.8 Å². The molecule has 1 aromatic rings. The van der Waals surface area contributed by atoms with E-state index in [1.165, 1.54) is 23.8 Å². The lowest BCUT2D eigenvalue weighted by atomic mass is 9.98. The van der Waals surface area contributed by atoms with Crippen LogP contribution in [0, 0.1) is 5.41 Å². The number of oxime groups is 1. The molecule has 3 N–H and O–H groups in total. The summed E-state index contributed by atoms with van der Waals surface area (Å²) in [6.45, 7) is 4.44. The van der Waals surface area contributed by atoms with Crippen LogP contribution in [0.5, 0.6) is 0 Å². The molecule has 1 fully saturated rings. The number of esters is 2. The molecule has 0 saturated carbocycles. The van der Waals surface area contributed by atoms with Gasteiger partial charge in [0.1, 0.15) is 29.9 Å². The van der Waals surface area contributed by atoms with E-state index in [1.54, 1.807) is 32.2 Å². The number of β-lactam (4-membered cyclic amide) rings is 1. The van der Waals surface area contributed by atoms with Crippen LogP contribution in [0.4, 0.5) is 5.13 Å². The SMILES string of the molecule is CON=C(C(=O)NC1C(=O)N2C(C(=O)OCOC(=O)C(C)(C)C)=CCS[C@@H]12)c1csc(N)n1. The Morgan fingerprint density at radius 1 is 1.33 bits per heavy atom. The lowest BCUT2D eigenvalue weighted by Gasteiger charge is -2.48. The number of hydrogen-bond acceptors (Lipinski definition) is 12. The molecule has 1 saturated heterocycles. The first-order valence-electron chi connectivity index (χ1n) is 9.67. The maximum atomic E-state index is 12.7. The number of ether oxygens (including phenoxy) is 2. The third-order valence-electron chi connectivity index (χ3n) is 4.50. The van der Waals surface area contributed by atoms with Gasteiger partial charge in [0.25, 0.3) is 11.8 Å². The van der Waals surface area contributed by atoms with Gasteiger partial charge in [-0.3, -0.25) is 19.3 Å². The molecule has 12 nitrogen and oxygen atoms in total. The van der Waals surface area contributed by atoms with Crippen molar-refractivity contribution in [3.63, 3.8) is 0 Å². The number of nitrogen functional groups attached to an aromatic ring is 1. The molecule has 178 valence electrons. The maximum Gasteiger partial charge on any atom is 0.357 e. The number of aromatic nitrogens is 1. The molecule has 0 aromatic carbocycles. The molecule has 2 aliphatic heterocycles. The van der Waals surface area contributed by atoms with Gasteiger partial charge in [-0.25, -0.2) is 9.78 Å². The van der Waals surface area contributed by atoms with E-state index in [9.17, 15) is 19.2 Å². The summed E-state index contributed by atoms with van der Waals surface area (Å²) in [7, 11) is 1.28. The first kappa shape index (κ1) is 24.5. The van der Waals surface area contributed by atoms with Crippen LogP contribution in [-0.2, 0) is 33.5 Å². The first-order valence-corrected chi connectivity index (χ1v) is 11.6. The summed E-state index contributed by atoms with van der Waals surface area (Å²) in [5.74, 6) is -2.09. The van der Waals surface area contributed by atoms with Crippen LogP contribution in [-0.4, -0.2) is 70.4 Å². The number of nitrogens with zero attached hydrogens (tertiary/aromatic N) is 3. The second-order valence-corrected chi connectivity index (χ2v) is 9.94. The van der Waals surface area contributed by atoms with E-state index in [0.29, 0.717) is 5.75 Å². The van der Waals surface area contributed by atoms with Crippen LogP contribution in [0.25, 0.3) is 0 Å². The number of nitrogens with two attached hydrogens (primary N) is 1. The lowest BCUT2D eigenvalue weighted by Crippen LogP contribution is -2.70. The molecule has 1 unspecified atom stereocenters. The molecule has 33 heavy (non-hydrogen) atoms. The van der Waals surface area contributed by atoms with Crippen LogP contribution in [0.1, 0.15) is 26.5 Å². The number of anilines is 1. The Morgan fingerprint density at radius 2 is 2.06 bits per heavy atom. The molecule has 1 aromatic heterocycles. The maximum absolute atomic E-state index is 12.7. The van der Waals surface area contributed by atoms with Gasteiger partial charge in [0.2, 0.25) is 6.79 Å². The minimum absolute atomic E-state index is 0.0270. The van der Waals surface area contributed by atoms with Gasteiger partial charge in [-0.05, 0) is 26.8 Å². The Morgan fingerprint density at radius 3 is 2.67 bits per heavy atom. The highest BCUT2D eigenvalue weighted by molar-refractivity contribution is 8.00. The van der Waals surface area contributed by atoms with Crippen molar-refractivity contribution < 1.29 is 33.5 Å². The van der Waals surface area contributed by atoms with E-state index >= 15 is 0 Å². The van der Waals surface area contributed by atoms with Gasteiger partial charge in [0.05, 0.1) is 5.41 Å². The monoisotopic (exact) mass is 497 g/mol. The fraction of sp³-hybridized carbons (Fsp3) is 0.474. The molecule has 3 heterocycles. The normalized spacial score (nSPS) is 20.2. The van der Waals surface area contributed by atoms with Crippen molar-refractivity contribution >= 4 is 57.7 Å². The van der Waals surface area contributed by atoms with Gasteiger partial charge in [-0.1, -0.05) is 5.16 Å². The molecule has 2 atom stereocenters. The fourth-order valence-corrected chi connectivity index (χ4v) is 4.60. The fourth-order valence-electron chi connectivity index (χ4n) is 2.86. The number of thiazole rings is 1. The van der Waals surface area contributed by atoms with Crippen molar-refractivity contribution in [2.24, 2.45) is 10.6 Å². The summed E-state index contributed by atoms with van der Waals surface area (Å²) >= 11 is 2.49. The predicted molar refractivity (Wildman–Crippen MR) is 120 cm³/mol. The van der Waals surface area contributed by atoms with Gasteiger partial charge in [-0.15, -0.1) is 23.1 Å². The molecule has 2 aliphatic rings. The number of amides is 2. The van der Waals surface area contributed by atoms with Gasteiger partial charge in [-0.2, -0.15) is 0 Å². The topological polar surface area (TPSA) is 163 Å². The molecule has 2 amide bonds. The quantitative estimate of drug-likeness (QED) is 0.178. The van der Waals surface area contributed by atoms with E-state index in [2.05, 4.69) is 15.5 Å². The van der Waals surface area contributed by atoms with Crippen LogP contribution in [0.3, 0.4) is 0 Å². The van der Waals surface area contributed by atoms with Crippen molar-refractivity contribution in [1.29, 1.82) is 0 Å². The van der Waals surface area contributed by atoms with E-state index in [4.69, 9.17) is 20.0 Å². The Labute approximate surface area is 197 Å². The molecule has 0 bridgehead atoms. The summed E-state index contributed by atoms with van der Waals surface area (Å²) in [4.78, 5) is 59.7. The first-order chi connectivity index (χ1) is 15.5. The third kappa shape index (κ3) is 5.27. The zero-order valence-electron chi connectivity index (χ0n) is 18.3. The zero-order chi connectivity index (χ0) is 24.3. The Balaban J connectivity index is 1.61. The highest BCUT2D eigenvalue weighted by Crippen LogP contribution is 2.37. The predicted octanol–water partition coefficient (Wildman–Crippen LogP) is 0.450. The number of fused-ring (bicyclic) bond motifs is 1. The second kappa shape index (κ2) is 9.79. The number of thioether (sulfide) groups is 1. The van der Waals surface area contributed by atoms with E-state index in [1.807, 2.05) is 0 Å². The number of rotatable bonds is 7. The van der Waals surface area contributed by atoms with Crippen molar-refractivity contribution in [2.75, 3.05) is 25.4 Å². The van der Waals surface area contributed by atoms with Gasteiger partial charge in [0, 0.05) is 11.1 Å². The van der Waals surface area contributed by atoms with Crippen LogP contribution in [0.2, 0.25) is 0 Å². The van der Waals surface area contributed by atoms with Crippen LogP contribution >= 0.6 is 23.1 Å². The largest absolute Gasteiger partial charge is 0.427 e. The lowest BCUT2D eigenvalue weighted by molar-refractivity contribution is -0.173. The number of hydrogen-bond donors (Lipinski definition) is 2. The molecule has 14 heteroatoms. The Kier molecular flexibility index (Phi) is 7.27. The summed E-state index contributed by atoms with van der Waals surface area (Å²) in [6.07, 6.45) is 1.54. The molecule has 0 aliphatic carbocycles. The number of carbonyl (C=O) groups is 4. The minimum atomic E-state index is -0.893. The average Bonchev–Trinajstić information content (AvgIpc) is 3.19. The Bertz CT molecular complexity index is 1030. The molecule has 0 radical (unpaired) electrons. The summed E-state index contributed by atoms with van der Waals surface area (Å²) in [5, 5.41) is 7.57. The van der Waals surface area contributed by atoms with Crippen molar-refractivity contribution in [2.45, 2.75) is 32.2 Å². The molecular weight excluding hydrogens is 474 g/mol. The van der Waals surface area contributed by atoms with E-state index in [0.717, 1.165) is 11.3 Å². The van der Waals surface area contributed by atoms with Crippen molar-refractivity contribution in [1.82, 2.24) is 15.2 Å². The smallest absolute Gasteiger partial charge is 0.357 e. The van der Waals surface area contributed by atoms with Gasteiger partial charge >= 0.3 is 11.9 Å². The average molecular weight is 498 g/mol. The summed E-state index contributed by atoms with van der Waals surface area (Å²) < 4.78 is 9.93. The van der Waals surface area contributed by atoms with Gasteiger partial charge < -0.3 is 25.4 Å². The van der Waals surface area contributed by atoms with Gasteiger partial charge in [0.15, 0.2) is 10.8 Å². The van der Waals surface area contributed by atoms with Crippen molar-refractivity contribution in [3.8, 4) is 0 Å². The van der Waals surface area contributed by atoms with E-state index in [-0.39, 0.29) is 22.2 Å². The molecule has 0 spiro atoms. The Hall–Kier alpha value is -3.13. The number of carbonyl (C=O) groups excluding carboxylic acids is 4. The minimum Gasteiger partial charge on any atom is -0.427 e.